The van der Waals surface area contributed by atoms with Crippen LogP contribution in [0, 0.1) is 11.3 Å². The number of methoxy groups -OCH3 is 1. The molecule has 154 valence electrons. The van der Waals surface area contributed by atoms with E-state index in [1.807, 2.05) is 6.07 Å². The highest BCUT2D eigenvalue weighted by Crippen LogP contribution is 2.30. The third kappa shape index (κ3) is 4.56. The van der Waals surface area contributed by atoms with Gasteiger partial charge in [-0.25, -0.2) is 8.42 Å². The third-order valence-corrected chi connectivity index (χ3v) is 6.95. The summed E-state index contributed by atoms with van der Waals surface area (Å²) >= 11 is 0. The lowest BCUT2D eigenvalue weighted by Crippen LogP contribution is -2.43. The van der Waals surface area contributed by atoms with Crippen molar-refractivity contribution < 1.29 is 17.9 Å². The molecular weight excluding hydrogens is 380 g/mol. The minimum atomic E-state index is -3.61. The van der Waals surface area contributed by atoms with E-state index in [0.29, 0.717) is 6.54 Å². The Kier molecular flexibility index (Phi) is 7.27. The van der Waals surface area contributed by atoms with Crippen LogP contribution in [0.5, 0.6) is 5.75 Å². The SMILES string of the molecule is CCN1CCC[C@@H]1CN(CC#N)C(=O)c1cc(S(=O)(=O)CC)c(N)cc1OC. The van der Waals surface area contributed by atoms with Crippen LogP contribution in [0.4, 0.5) is 5.69 Å². The number of likely N-dealkylation sites (N-methyl/N-ethyl adjacent to an activating group) is 1. The van der Waals surface area contributed by atoms with Crippen LogP contribution in [0.25, 0.3) is 0 Å². The van der Waals surface area contributed by atoms with Crippen LogP contribution >= 0.6 is 0 Å². The molecule has 0 spiro atoms. The van der Waals surface area contributed by atoms with Crippen molar-refractivity contribution in [3.8, 4) is 11.8 Å². The van der Waals surface area contributed by atoms with Crippen molar-refractivity contribution in [1.82, 2.24) is 9.80 Å². The zero-order chi connectivity index (χ0) is 20.9. The van der Waals surface area contributed by atoms with Crippen LogP contribution in [-0.2, 0) is 9.84 Å². The monoisotopic (exact) mass is 408 g/mol. The number of carbonyl (C=O) groups excluding carboxylic acids is 1. The predicted octanol–water partition coefficient (Wildman–Crippen LogP) is 1.52. The lowest BCUT2D eigenvalue weighted by atomic mass is 10.1. The standard InChI is InChI=1S/C19H28N4O4S/c1-4-22-9-6-7-14(22)13-23(10-8-20)19(24)15-11-18(28(25,26)5-2)16(21)12-17(15)27-3/h11-12,14H,4-7,9-10,13,21H2,1-3H3/t14-/m1/s1. The molecule has 1 aliphatic heterocycles. The van der Waals surface area contributed by atoms with E-state index in [1.165, 1.54) is 31.1 Å². The van der Waals surface area contributed by atoms with Gasteiger partial charge < -0.3 is 15.4 Å². The number of amides is 1. The van der Waals surface area contributed by atoms with E-state index in [0.717, 1.165) is 25.9 Å². The summed E-state index contributed by atoms with van der Waals surface area (Å²) in [6, 6.07) is 4.84. The van der Waals surface area contributed by atoms with Crippen molar-refractivity contribution in [2.75, 3.05) is 44.8 Å². The molecule has 0 aromatic heterocycles. The molecule has 1 atom stereocenters. The lowest BCUT2D eigenvalue weighted by Gasteiger charge is -2.29. The Balaban J connectivity index is 2.43. The minimum Gasteiger partial charge on any atom is -0.496 e. The molecule has 1 aromatic carbocycles. The van der Waals surface area contributed by atoms with Gasteiger partial charge in [0.05, 0.1) is 35.1 Å². The van der Waals surface area contributed by atoms with Crippen molar-refractivity contribution >= 4 is 21.4 Å². The first-order valence-corrected chi connectivity index (χ1v) is 11.0. The highest BCUT2D eigenvalue weighted by atomic mass is 32.2. The van der Waals surface area contributed by atoms with Crippen molar-refractivity contribution in [2.24, 2.45) is 0 Å². The number of carbonyl (C=O) groups is 1. The Labute approximate surface area is 166 Å². The molecule has 8 nitrogen and oxygen atoms in total. The van der Waals surface area contributed by atoms with Gasteiger partial charge in [0.25, 0.3) is 5.91 Å². The third-order valence-electron chi connectivity index (χ3n) is 5.16. The number of benzene rings is 1. The topological polar surface area (TPSA) is 117 Å². The fraction of sp³-hybridized carbons (Fsp3) is 0.579. The largest absolute Gasteiger partial charge is 0.496 e. The molecule has 1 fully saturated rings. The van der Waals surface area contributed by atoms with Gasteiger partial charge in [-0.1, -0.05) is 13.8 Å². The summed E-state index contributed by atoms with van der Waals surface area (Å²) in [5.41, 5.74) is 6.02. The van der Waals surface area contributed by atoms with E-state index in [2.05, 4.69) is 11.8 Å². The molecule has 2 rings (SSSR count). The van der Waals surface area contributed by atoms with Crippen LogP contribution in [0.1, 0.15) is 37.0 Å². The molecule has 1 aromatic rings. The maximum absolute atomic E-state index is 13.2. The Morgan fingerprint density at radius 1 is 1.43 bits per heavy atom. The molecule has 0 bridgehead atoms. The number of sulfone groups is 1. The van der Waals surface area contributed by atoms with E-state index in [4.69, 9.17) is 10.5 Å². The van der Waals surface area contributed by atoms with E-state index < -0.39 is 15.7 Å². The molecule has 1 heterocycles. The van der Waals surface area contributed by atoms with E-state index in [9.17, 15) is 18.5 Å². The van der Waals surface area contributed by atoms with Crippen LogP contribution in [0.15, 0.2) is 17.0 Å². The summed E-state index contributed by atoms with van der Waals surface area (Å²) in [5.74, 6) is -0.375. The number of nitrogens with two attached hydrogens (primary N) is 1. The molecule has 1 saturated heterocycles. The summed E-state index contributed by atoms with van der Waals surface area (Å²) in [7, 11) is -2.21. The number of anilines is 1. The van der Waals surface area contributed by atoms with Gasteiger partial charge in [0.2, 0.25) is 0 Å². The zero-order valence-electron chi connectivity index (χ0n) is 16.6. The van der Waals surface area contributed by atoms with Gasteiger partial charge >= 0.3 is 0 Å². The second-order valence-electron chi connectivity index (χ2n) is 6.76. The van der Waals surface area contributed by atoms with Gasteiger partial charge in [-0.3, -0.25) is 9.69 Å². The number of nitriles is 1. The number of hydrogen-bond acceptors (Lipinski definition) is 7. The number of hydrogen-bond donors (Lipinski definition) is 1. The van der Waals surface area contributed by atoms with E-state index in [-0.39, 0.29) is 40.2 Å². The van der Waals surface area contributed by atoms with Gasteiger partial charge in [-0.2, -0.15) is 5.26 Å². The molecule has 9 heteroatoms. The summed E-state index contributed by atoms with van der Waals surface area (Å²) in [6.07, 6.45) is 2.01. The van der Waals surface area contributed by atoms with Gasteiger partial charge in [-0.15, -0.1) is 0 Å². The van der Waals surface area contributed by atoms with Gasteiger partial charge in [0, 0.05) is 18.7 Å². The first-order chi connectivity index (χ1) is 13.3. The summed E-state index contributed by atoms with van der Waals surface area (Å²) in [6.45, 7) is 5.75. The van der Waals surface area contributed by atoms with Crippen molar-refractivity contribution in [2.45, 2.75) is 37.6 Å². The highest BCUT2D eigenvalue weighted by molar-refractivity contribution is 7.91. The number of nitrogens with zero attached hydrogens (tertiary/aromatic N) is 3. The molecule has 0 saturated carbocycles. The van der Waals surface area contributed by atoms with E-state index in [1.54, 1.807) is 0 Å². The van der Waals surface area contributed by atoms with Crippen molar-refractivity contribution in [3.05, 3.63) is 17.7 Å². The second kappa shape index (κ2) is 9.26. The number of nitrogen functional groups attached to an aromatic ring is 1. The number of likely N-dealkylation sites (tertiary alicyclic amines) is 1. The van der Waals surface area contributed by atoms with E-state index >= 15 is 0 Å². The molecule has 1 amide bonds. The first-order valence-electron chi connectivity index (χ1n) is 9.39. The zero-order valence-corrected chi connectivity index (χ0v) is 17.5. The first kappa shape index (κ1) is 22.0. The maximum atomic E-state index is 13.2. The molecule has 0 radical (unpaired) electrons. The summed E-state index contributed by atoms with van der Waals surface area (Å²) in [4.78, 5) is 16.9. The summed E-state index contributed by atoms with van der Waals surface area (Å²) in [5, 5.41) is 9.22. The minimum absolute atomic E-state index is 0.0371. The van der Waals surface area contributed by atoms with Crippen molar-refractivity contribution in [3.63, 3.8) is 0 Å². The second-order valence-corrected chi connectivity index (χ2v) is 9.01. The van der Waals surface area contributed by atoms with Crippen LogP contribution in [-0.4, -0.2) is 69.2 Å². The normalized spacial score (nSPS) is 17.3. The molecule has 2 N–H and O–H groups in total. The van der Waals surface area contributed by atoms with Crippen LogP contribution in [0.3, 0.4) is 0 Å². The Bertz CT molecular complexity index is 863. The predicted molar refractivity (Wildman–Crippen MR) is 107 cm³/mol. The summed E-state index contributed by atoms with van der Waals surface area (Å²) < 4.78 is 30.0. The van der Waals surface area contributed by atoms with Crippen LogP contribution in [0.2, 0.25) is 0 Å². The Morgan fingerprint density at radius 3 is 2.71 bits per heavy atom. The Hall–Kier alpha value is -2.31. The molecule has 0 aliphatic carbocycles. The molecule has 1 aliphatic rings. The lowest BCUT2D eigenvalue weighted by molar-refractivity contribution is 0.0728. The fourth-order valence-electron chi connectivity index (χ4n) is 3.58. The molecular formula is C19H28N4O4S. The van der Waals surface area contributed by atoms with Gasteiger partial charge in [0.1, 0.15) is 12.3 Å². The highest BCUT2D eigenvalue weighted by Gasteiger charge is 2.30. The quantitative estimate of drug-likeness (QED) is 0.512. The maximum Gasteiger partial charge on any atom is 0.258 e. The average molecular weight is 409 g/mol. The Morgan fingerprint density at radius 2 is 2.14 bits per heavy atom. The smallest absolute Gasteiger partial charge is 0.258 e. The number of ether oxygens (including phenoxy) is 1. The van der Waals surface area contributed by atoms with Gasteiger partial charge in [-0.05, 0) is 32.0 Å². The fourth-order valence-corrected chi connectivity index (χ4v) is 4.61. The van der Waals surface area contributed by atoms with Gasteiger partial charge in [0.15, 0.2) is 9.84 Å². The number of rotatable bonds is 8. The van der Waals surface area contributed by atoms with Crippen molar-refractivity contribution in [1.29, 1.82) is 5.26 Å². The molecule has 28 heavy (non-hydrogen) atoms. The van der Waals surface area contributed by atoms with Crippen LogP contribution < -0.4 is 10.5 Å². The molecule has 0 unspecified atom stereocenters. The average Bonchev–Trinajstić information content (AvgIpc) is 3.13.